The normalized spacial score (nSPS) is 14.5. The molecule has 0 aromatic carbocycles. The molecule has 13 heavy (non-hydrogen) atoms. The summed E-state index contributed by atoms with van der Waals surface area (Å²) in [5, 5.41) is 7.87. The lowest BCUT2D eigenvalue weighted by atomic mass is 9.96. The van der Waals surface area contributed by atoms with E-state index in [2.05, 4.69) is 49.8 Å². The first-order valence-electron chi connectivity index (χ1n) is 4.74. The Kier molecular flexibility index (Phi) is 3.51. The topological polar surface area (TPSA) is 12.0 Å². The molecule has 1 aromatic rings. The molecular weight excluding hydrogens is 178 g/mol. The molecule has 0 fully saturated rings. The standard InChI is InChI=1S/C11H19NS/c1-9(10-5-6-13-7-10)12-8-11(2,3)4/h5-7,9,12H,8H2,1-4H3. The van der Waals surface area contributed by atoms with E-state index in [1.807, 2.05) is 0 Å². The van der Waals surface area contributed by atoms with Crippen molar-refractivity contribution in [3.8, 4) is 0 Å². The number of rotatable bonds is 3. The van der Waals surface area contributed by atoms with E-state index in [1.165, 1.54) is 5.56 Å². The minimum Gasteiger partial charge on any atom is -0.310 e. The summed E-state index contributed by atoms with van der Waals surface area (Å²) in [6.45, 7) is 10.0. The van der Waals surface area contributed by atoms with Gasteiger partial charge in [0.05, 0.1) is 0 Å². The summed E-state index contributed by atoms with van der Waals surface area (Å²) in [6.07, 6.45) is 0. The van der Waals surface area contributed by atoms with Gasteiger partial charge in [-0.2, -0.15) is 11.3 Å². The zero-order chi connectivity index (χ0) is 9.90. The number of thiophene rings is 1. The Morgan fingerprint density at radius 3 is 2.62 bits per heavy atom. The van der Waals surface area contributed by atoms with Crippen molar-refractivity contribution in [3.63, 3.8) is 0 Å². The van der Waals surface area contributed by atoms with Crippen LogP contribution >= 0.6 is 11.3 Å². The van der Waals surface area contributed by atoms with Crippen molar-refractivity contribution in [3.05, 3.63) is 22.4 Å². The van der Waals surface area contributed by atoms with E-state index in [0.29, 0.717) is 11.5 Å². The van der Waals surface area contributed by atoms with Crippen molar-refractivity contribution in [2.75, 3.05) is 6.54 Å². The molecule has 1 heterocycles. The first-order chi connectivity index (χ1) is 5.99. The van der Waals surface area contributed by atoms with Crippen LogP contribution in [0.2, 0.25) is 0 Å². The van der Waals surface area contributed by atoms with Crippen LogP contribution in [-0.4, -0.2) is 6.54 Å². The Morgan fingerprint density at radius 2 is 2.15 bits per heavy atom. The highest BCUT2D eigenvalue weighted by Crippen LogP contribution is 2.18. The van der Waals surface area contributed by atoms with Gasteiger partial charge in [-0.05, 0) is 34.7 Å². The third-order valence-electron chi connectivity index (χ3n) is 1.98. The van der Waals surface area contributed by atoms with Crippen LogP contribution in [0.15, 0.2) is 16.8 Å². The van der Waals surface area contributed by atoms with Gasteiger partial charge in [0.2, 0.25) is 0 Å². The second-order valence-corrected chi connectivity index (χ2v) is 5.50. The van der Waals surface area contributed by atoms with Gasteiger partial charge in [-0.25, -0.2) is 0 Å². The van der Waals surface area contributed by atoms with E-state index in [9.17, 15) is 0 Å². The third kappa shape index (κ3) is 3.92. The number of nitrogens with one attached hydrogen (secondary N) is 1. The molecule has 0 radical (unpaired) electrons. The summed E-state index contributed by atoms with van der Waals surface area (Å²) in [7, 11) is 0. The van der Waals surface area contributed by atoms with Crippen molar-refractivity contribution >= 4 is 11.3 Å². The summed E-state index contributed by atoms with van der Waals surface area (Å²) in [6, 6.07) is 2.66. The van der Waals surface area contributed by atoms with Gasteiger partial charge in [-0.15, -0.1) is 0 Å². The van der Waals surface area contributed by atoms with E-state index in [4.69, 9.17) is 0 Å². The summed E-state index contributed by atoms with van der Waals surface area (Å²) in [5.74, 6) is 0. The predicted octanol–water partition coefficient (Wildman–Crippen LogP) is 3.44. The van der Waals surface area contributed by atoms with Crippen molar-refractivity contribution in [1.82, 2.24) is 5.32 Å². The molecule has 2 heteroatoms. The van der Waals surface area contributed by atoms with Crippen LogP contribution in [0, 0.1) is 5.41 Å². The Labute approximate surface area is 85.2 Å². The maximum Gasteiger partial charge on any atom is 0.0300 e. The minimum atomic E-state index is 0.365. The summed E-state index contributed by atoms with van der Waals surface area (Å²) < 4.78 is 0. The molecule has 0 aliphatic carbocycles. The highest BCUT2D eigenvalue weighted by Gasteiger charge is 2.12. The summed E-state index contributed by atoms with van der Waals surface area (Å²) >= 11 is 1.76. The summed E-state index contributed by atoms with van der Waals surface area (Å²) in [5.41, 5.74) is 1.76. The Hall–Kier alpha value is -0.340. The average Bonchev–Trinajstić information content (AvgIpc) is 2.50. The summed E-state index contributed by atoms with van der Waals surface area (Å²) in [4.78, 5) is 0. The lowest BCUT2D eigenvalue weighted by Crippen LogP contribution is -2.28. The number of hydrogen-bond acceptors (Lipinski definition) is 2. The van der Waals surface area contributed by atoms with Crippen molar-refractivity contribution in [1.29, 1.82) is 0 Å². The molecule has 1 aromatic heterocycles. The third-order valence-corrected chi connectivity index (χ3v) is 2.68. The van der Waals surface area contributed by atoms with E-state index >= 15 is 0 Å². The monoisotopic (exact) mass is 197 g/mol. The minimum absolute atomic E-state index is 0.365. The molecule has 0 spiro atoms. The highest BCUT2D eigenvalue weighted by molar-refractivity contribution is 7.07. The molecule has 0 aliphatic rings. The van der Waals surface area contributed by atoms with Crippen LogP contribution in [0.25, 0.3) is 0 Å². The van der Waals surface area contributed by atoms with Crippen LogP contribution in [0.4, 0.5) is 0 Å². The van der Waals surface area contributed by atoms with Gasteiger partial charge in [0, 0.05) is 12.6 Å². The molecular formula is C11H19NS. The van der Waals surface area contributed by atoms with Gasteiger partial charge in [0.1, 0.15) is 0 Å². The predicted molar refractivity (Wildman–Crippen MR) is 60.2 cm³/mol. The molecule has 1 N–H and O–H groups in total. The van der Waals surface area contributed by atoms with Gasteiger partial charge in [0.15, 0.2) is 0 Å². The highest BCUT2D eigenvalue weighted by atomic mass is 32.1. The fourth-order valence-electron chi connectivity index (χ4n) is 1.10. The van der Waals surface area contributed by atoms with E-state index in [1.54, 1.807) is 11.3 Å². The Morgan fingerprint density at radius 1 is 1.46 bits per heavy atom. The van der Waals surface area contributed by atoms with Crippen LogP contribution < -0.4 is 5.32 Å². The SMILES string of the molecule is CC(NCC(C)(C)C)c1ccsc1. The zero-order valence-electron chi connectivity index (χ0n) is 8.92. The molecule has 0 saturated heterocycles. The van der Waals surface area contributed by atoms with Crippen molar-refractivity contribution in [2.24, 2.45) is 5.41 Å². The zero-order valence-corrected chi connectivity index (χ0v) is 9.74. The quantitative estimate of drug-likeness (QED) is 0.782. The van der Waals surface area contributed by atoms with Crippen molar-refractivity contribution in [2.45, 2.75) is 33.7 Å². The molecule has 1 rings (SSSR count). The molecule has 0 amide bonds. The van der Waals surface area contributed by atoms with E-state index in [0.717, 1.165) is 6.54 Å². The molecule has 1 nitrogen and oxygen atoms in total. The molecule has 74 valence electrons. The maximum absolute atomic E-state index is 3.53. The molecule has 1 atom stereocenters. The van der Waals surface area contributed by atoms with E-state index < -0.39 is 0 Å². The molecule has 1 unspecified atom stereocenters. The fraction of sp³-hybridized carbons (Fsp3) is 0.636. The van der Waals surface area contributed by atoms with E-state index in [-0.39, 0.29) is 0 Å². The molecule has 0 bridgehead atoms. The van der Waals surface area contributed by atoms with Gasteiger partial charge in [-0.1, -0.05) is 20.8 Å². The molecule has 0 saturated carbocycles. The second-order valence-electron chi connectivity index (χ2n) is 4.72. The van der Waals surface area contributed by atoms with Gasteiger partial charge in [-0.3, -0.25) is 0 Å². The van der Waals surface area contributed by atoms with Crippen LogP contribution in [0.1, 0.15) is 39.3 Å². The van der Waals surface area contributed by atoms with Crippen LogP contribution in [0.3, 0.4) is 0 Å². The largest absolute Gasteiger partial charge is 0.310 e. The average molecular weight is 197 g/mol. The maximum atomic E-state index is 3.53. The Balaban J connectivity index is 2.39. The van der Waals surface area contributed by atoms with Gasteiger partial charge >= 0.3 is 0 Å². The lowest BCUT2D eigenvalue weighted by molar-refractivity contribution is 0.360. The van der Waals surface area contributed by atoms with Crippen molar-refractivity contribution < 1.29 is 0 Å². The first-order valence-corrected chi connectivity index (χ1v) is 5.69. The smallest absolute Gasteiger partial charge is 0.0300 e. The van der Waals surface area contributed by atoms with Crippen LogP contribution in [-0.2, 0) is 0 Å². The number of hydrogen-bond donors (Lipinski definition) is 1. The Bertz CT molecular complexity index is 233. The van der Waals surface area contributed by atoms with Gasteiger partial charge < -0.3 is 5.32 Å². The second kappa shape index (κ2) is 4.25. The first kappa shape index (κ1) is 10.7. The molecule has 0 aliphatic heterocycles. The van der Waals surface area contributed by atoms with Crippen LogP contribution in [0.5, 0.6) is 0 Å². The lowest BCUT2D eigenvalue weighted by Gasteiger charge is -2.22. The van der Waals surface area contributed by atoms with Gasteiger partial charge in [0.25, 0.3) is 0 Å². The fourth-order valence-corrected chi connectivity index (χ4v) is 1.85.